The highest BCUT2D eigenvalue weighted by molar-refractivity contribution is 14.1. The number of hydrogen-bond acceptors (Lipinski definition) is 2. The van der Waals surface area contributed by atoms with E-state index in [1.165, 1.54) is 6.20 Å². The summed E-state index contributed by atoms with van der Waals surface area (Å²) in [5, 5.41) is 0. The quantitative estimate of drug-likeness (QED) is 0.429. The highest BCUT2D eigenvalue weighted by Gasteiger charge is 1.95. The fourth-order valence-corrected chi connectivity index (χ4v) is 0.797. The molecule has 0 aliphatic carbocycles. The minimum Gasteiger partial charge on any atom is -0.263 e. The van der Waals surface area contributed by atoms with Crippen molar-refractivity contribution in [1.29, 1.82) is 0 Å². The van der Waals surface area contributed by atoms with Crippen molar-refractivity contribution in [2.75, 3.05) is 0 Å². The Morgan fingerprint density at radius 2 is 2.08 bits per heavy atom. The molecule has 0 aliphatic heterocycles. The molecule has 13 heavy (non-hydrogen) atoms. The van der Waals surface area contributed by atoms with E-state index in [4.69, 9.17) is 0 Å². The number of allylic oxidation sites excluding steroid dienone is 2. The molecule has 0 aromatic carbocycles. The van der Waals surface area contributed by atoms with E-state index in [-0.39, 0.29) is 0 Å². The molecule has 0 atom stereocenters. The zero-order valence-electron chi connectivity index (χ0n) is 7.92. The Kier molecular flexibility index (Phi) is 6.40. The summed E-state index contributed by atoms with van der Waals surface area (Å²) in [4.78, 5) is 8.20. The molecule has 70 valence electrons. The monoisotopic (exact) mass is 288 g/mol. The lowest BCUT2D eigenvalue weighted by Crippen LogP contribution is -2.00. The molecule has 0 N–H and O–H groups in total. The summed E-state index contributed by atoms with van der Waals surface area (Å²) in [7, 11) is 0. The first-order chi connectivity index (χ1) is 6.11. The molecular weight excluding hydrogens is 275 g/mol. The summed E-state index contributed by atoms with van der Waals surface area (Å²) in [6, 6.07) is 0. The molecule has 3 heteroatoms. The number of nitrogens with zero attached hydrogens (tertiary/aromatic N) is 2. The van der Waals surface area contributed by atoms with Gasteiger partial charge in [0.25, 0.3) is 0 Å². The SMILES string of the molecule is C=CN=CC(=N/C(I)=C\C)C(=C)C. The Labute approximate surface area is 93.0 Å². The second-order valence-electron chi connectivity index (χ2n) is 2.35. The standard InChI is InChI=1S/C10H13IN2/c1-5-10(11)13-9(8(3)4)7-12-6-2/h5-7H,2-3H2,1,4H3/b10-5-,12-7?,13-9?. The molecule has 0 fully saturated rings. The van der Waals surface area contributed by atoms with Crippen LogP contribution in [-0.4, -0.2) is 11.9 Å². The van der Waals surface area contributed by atoms with Gasteiger partial charge in [0.15, 0.2) is 0 Å². The lowest BCUT2D eigenvalue weighted by atomic mass is 10.2. The maximum Gasteiger partial charge on any atom is 0.0974 e. The van der Waals surface area contributed by atoms with Crippen LogP contribution in [0, 0.1) is 0 Å². The smallest absolute Gasteiger partial charge is 0.0974 e. The van der Waals surface area contributed by atoms with E-state index in [9.17, 15) is 0 Å². The lowest BCUT2D eigenvalue weighted by molar-refractivity contribution is 1.48. The van der Waals surface area contributed by atoms with E-state index in [0.717, 1.165) is 15.0 Å². The molecule has 0 amide bonds. The summed E-state index contributed by atoms with van der Waals surface area (Å²) >= 11 is 2.15. The van der Waals surface area contributed by atoms with Crippen molar-refractivity contribution in [1.82, 2.24) is 0 Å². The molecule has 0 bridgehead atoms. The highest BCUT2D eigenvalue weighted by atomic mass is 127. The van der Waals surface area contributed by atoms with Crippen LogP contribution >= 0.6 is 22.6 Å². The van der Waals surface area contributed by atoms with Crippen molar-refractivity contribution in [3.05, 3.63) is 34.7 Å². The van der Waals surface area contributed by atoms with Gasteiger partial charge in [-0.25, -0.2) is 4.99 Å². The Hall–Kier alpha value is -0.710. The second kappa shape index (κ2) is 6.77. The molecule has 0 aromatic heterocycles. The Bertz CT molecular complexity index is 285. The van der Waals surface area contributed by atoms with Crippen LogP contribution in [0.4, 0.5) is 0 Å². The van der Waals surface area contributed by atoms with E-state index in [1.54, 1.807) is 6.21 Å². The van der Waals surface area contributed by atoms with Crippen molar-refractivity contribution in [3.63, 3.8) is 0 Å². The van der Waals surface area contributed by atoms with Gasteiger partial charge in [0.2, 0.25) is 0 Å². The molecule has 0 radical (unpaired) electrons. The number of aliphatic imine (C=N–C) groups is 2. The maximum atomic E-state index is 4.30. The van der Waals surface area contributed by atoms with E-state index >= 15 is 0 Å². The molecular formula is C10H13IN2. The highest BCUT2D eigenvalue weighted by Crippen LogP contribution is 2.08. The van der Waals surface area contributed by atoms with Crippen LogP contribution in [-0.2, 0) is 0 Å². The Balaban J connectivity index is 4.80. The Morgan fingerprint density at radius 3 is 2.46 bits per heavy atom. The third kappa shape index (κ3) is 5.52. The van der Waals surface area contributed by atoms with E-state index < -0.39 is 0 Å². The van der Waals surface area contributed by atoms with E-state index in [2.05, 4.69) is 45.7 Å². The average molecular weight is 288 g/mol. The zero-order chi connectivity index (χ0) is 10.3. The van der Waals surface area contributed by atoms with Crippen LogP contribution in [0.25, 0.3) is 0 Å². The minimum absolute atomic E-state index is 0.780. The van der Waals surface area contributed by atoms with Crippen molar-refractivity contribution >= 4 is 34.5 Å². The van der Waals surface area contributed by atoms with Gasteiger partial charge in [-0.2, -0.15) is 0 Å². The number of rotatable bonds is 4. The van der Waals surface area contributed by atoms with Crippen LogP contribution in [0.2, 0.25) is 0 Å². The van der Waals surface area contributed by atoms with Gasteiger partial charge in [-0.1, -0.05) is 19.2 Å². The third-order valence-corrected chi connectivity index (χ3v) is 2.07. The summed E-state index contributed by atoms with van der Waals surface area (Å²) in [6.45, 7) is 11.1. The zero-order valence-corrected chi connectivity index (χ0v) is 10.1. The molecule has 0 heterocycles. The first kappa shape index (κ1) is 12.3. The van der Waals surface area contributed by atoms with E-state index in [0.29, 0.717) is 0 Å². The van der Waals surface area contributed by atoms with Crippen LogP contribution in [0.1, 0.15) is 13.8 Å². The minimum atomic E-state index is 0.780. The van der Waals surface area contributed by atoms with Gasteiger partial charge in [0.1, 0.15) is 0 Å². The summed E-state index contributed by atoms with van der Waals surface area (Å²) in [5.74, 6) is 0. The van der Waals surface area contributed by atoms with Crippen LogP contribution in [0.15, 0.2) is 44.7 Å². The molecule has 0 spiro atoms. The van der Waals surface area contributed by atoms with Crippen molar-refractivity contribution in [3.8, 4) is 0 Å². The molecule has 0 aromatic rings. The molecule has 0 rings (SSSR count). The first-order valence-electron chi connectivity index (χ1n) is 3.82. The predicted octanol–water partition coefficient (Wildman–Crippen LogP) is 3.51. The van der Waals surface area contributed by atoms with Crippen LogP contribution in [0.5, 0.6) is 0 Å². The van der Waals surface area contributed by atoms with Crippen molar-refractivity contribution < 1.29 is 0 Å². The van der Waals surface area contributed by atoms with Gasteiger partial charge in [-0.05, 0) is 42.0 Å². The third-order valence-electron chi connectivity index (χ3n) is 1.20. The summed E-state index contributed by atoms with van der Waals surface area (Å²) < 4.78 is 0.922. The largest absolute Gasteiger partial charge is 0.263 e. The van der Waals surface area contributed by atoms with Gasteiger partial charge in [0, 0.05) is 6.20 Å². The van der Waals surface area contributed by atoms with Crippen LogP contribution < -0.4 is 0 Å². The fourth-order valence-electron chi connectivity index (χ4n) is 0.537. The van der Waals surface area contributed by atoms with E-state index in [1.807, 2.05) is 19.9 Å². The fraction of sp³-hybridized carbons (Fsp3) is 0.200. The molecule has 0 unspecified atom stereocenters. The summed E-state index contributed by atoms with van der Waals surface area (Å²) in [5.41, 5.74) is 1.67. The normalized spacial score (nSPS) is 13.5. The van der Waals surface area contributed by atoms with Crippen molar-refractivity contribution in [2.24, 2.45) is 9.98 Å². The van der Waals surface area contributed by atoms with Gasteiger partial charge in [-0.15, -0.1) is 0 Å². The predicted molar refractivity (Wildman–Crippen MR) is 68.7 cm³/mol. The van der Waals surface area contributed by atoms with Crippen LogP contribution in [0.3, 0.4) is 0 Å². The topological polar surface area (TPSA) is 24.7 Å². The lowest BCUT2D eigenvalue weighted by Gasteiger charge is -1.97. The van der Waals surface area contributed by atoms with Gasteiger partial charge in [-0.3, -0.25) is 4.99 Å². The van der Waals surface area contributed by atoms with Gasteiger partial charge < -0.3 is 0 Å². The molecule has 0 saturated carbocycles. The van der Waals surface area contributed by atoms with Gasteiger partial charge in [0.05, 0.1) is 15.6 Å². The summed E-state index contributed by atoms with van der Waals surface area (Å²) in [6.07, 6.45) is 5.05. The molecule has 0 aliphatic rings. The maximum absolute atomic E-state index is 4.30. The molecule has 2 nitrogen and oxygen atoms in total. The Morgan fingerprint density at radius 1 is 1.46 bits per heavy atom. The average Bonchev–Trinajstić information content (AvgIpc) is 2.11. The second-order valence-corrected chi connectivity index (χ2v) is 3.45. The number of halogens is 1. The molecule has 0 saturated heterocycles. The number of hydrogen-bond donors (Lipinski definition) is 0. The van der Waals surface area contributed by atoms with Gasteiger partial charge >= 0.3 is 0 Å². The first-order valence-corrected chi connectivity index (χ1v) is 4.90. The van der Waals surface area contributed by atoms with Crippen molar-refractivity contribution in [2.45, 2.75) is 13.8 Å².